The van der Waals surface area contributed by atoms with E-state index in [4.69, 9.17) is 4.74 Å². The number of benzene rings is 2. The Balaban J connectivity index is 1.75. The molecule has 0 heterocycles. The fraction of sp³-hybridized carbons (Fsp3) is 0.364. The lowest BCUT2D eigenvalue weighted by molar-refractivity contribution is -0.122. The molecule has 4 N–H and O–H groups in total. The molecule has 0 saturated carbocycles. The van der Waals surface area contributed by atoms with Crippen molar-refractivity contribution in [2.24, 2.45) is 0 Å². The average molecular weight is 399 g/mol. The standard InChI is InChI=1S/C22H29N3O4/c1-22(2,15-26)25-20(27)14-17-4-8-18(9-5-17)24-21(28)23-13-12-16-6-10-19(29-3)11-7-16/h4-11,26H,12-15H2,1-3H3,(H,25,27)(H2,23,24,28). The third-order valence-electron chi connectivity index (χ3n) is 4.31. The van der Waals surface area contributed by atoms with Crippen LogP contribution in [0.3, 0.4) is 0 Å². The van der Waals surface area contributed by atoms with Crippen LogP contribution in [0, 0.1) is 0 Å². The molecule has 7 heteroatoms. The Bertz CT molecular complexity index is 802. The summed E-state index contributed by atoms with van der Waals surface area (Å²) in [5.41, 5.74) is 1.93. The molecule has 0 saturated heterocycles. The summed E-state index contributed by atoms with van der Waals surface area (Å²) in [6.45, 7) is 3.89. The normalized spacial score (nSPS) is 10.9. The monoisotopic (exact) mass is 399 g/mol. The average Bonchev–Trinajstić information content (AvgIpc) is 2.69. The molecule has 2 aromatic rings. The van der Waals surface area contributed by atoms with Crippen molar-refractivity contribution < 1.29 is 19.4 Å². The van der Waals surface area contributed by atoms with Crippen LogP contribution in [0.4, 0.5) is 10.5 Å². The first-order chi connectivity index (χ1) is 13.8. The molecular weight excluding hydrogens is 370 g/mol. The van der Waals surface area contributed by atoms with Gasteiger partial charge in [-0.3, -0.25) is 4.79 Å². The van der Waals surface area contributed by atoms with E-state index in [9.17, 15) is 14.7 Å². The highest BCUT2D eigenvalue weighted by atomic mass is 16.5. The number of ether oxygens (including phenoxy) is 1. The molecule has 2 aromatic carbocycles. The van der Waals surface area contributed by atoms with Gasteiger partial charge in [-0.1, -0.05) is 24.3 Å². The molecule has 0 aliphatic carbocycles. The second-order valence-corrected chi connectivity index (χ2v) is 7.44. The van der Waals surface area contributed by atoms with Gasteiger partial charge in [0.2, 0.25) is 5.91 Å². The van der Waals surface area contributed by atoms with Gasteiger partial charge in [0.1, 0.15) is 5.75 Å². The first kappa shape index (κ1) is 22.2. The zero-order chi connectivity index (χ0) is 21.3. The summed E-state index contributed by atoms with van der Waals surface area (Å²) in [5, 5.41) is 17.6. The molecule has 0 aliphatic heterocycles. The number of anilines is 1. The van der Waals surface area contributed by atoms with Crippen LogP contribution in [-0.2, 0) is 17.6 Å². The van der Waals surface area contributed by atoms with Crippen molar-refractivity contribution in [2.45, 2.75) is 32.2 Å². The summed E-state index contributed by atoms with van der Waals surface area (Å²) in [4.78, 5) is 24.0. The first-order valence-electron chi connectivity index (χ1n) is 9.50. The van der Waals surface area contributed by atoms with Gasteiger partial charge in [-0.05, 0) is 55.7 Å². The lowest BCUT2D eigenvalue weighted by Gasteiger charge is -2.23. The van der Waals surface area contributed by atoms with Gasteiger partial charge in [-0.25, -0.2) is 4.79 Å². The molecule has 0 radical (unpaired) electrons. The van der Waals surface area contributed by atoms with Gasteiger partial charge in [-0.2, -0.15) is 0 Å². The smallest absolute Gasteiger partial charge is 0.319 e. The summed E-state index contributed by atoms with van der Waals surface area (Å²) in [7, 11) is 1.63. The maximum absolute atomic E-state index is 12.0. The Hall–Kier alpha value is -3.06. The minimum Gasteiger partial charge on any atom is -0.497 e. The van der Waals surface area contributed by atoms with E-state index < -0.39 is 5.54 Å². The fourth-order valence-corrected chi connectivity index (χ4v) is 2.64. The molecule has 3 amide bonds. The molecule has 0 bridgehead atoms. The van der Waals surface area contributed by atoms with Crippen molar-refractivity contribution in [1.82, 2.24) is 10.6 Å². The molecule has 0 aliphatic rings. The highest BCUT2D eigenvalue weighted by Gasteiger charge is 2.18. The number of aliphatic hydroxyl groups is 1. The number of hydrogen-bond acceptors (Lipinski definition) is 4. The van der Waals surface area contributed by atoms with Gasteiger partial charge in [-0.15, -0.1) is 0 Å². The number of methoxy groups -OCH3 is 1. The van der Waals surface area contributed by atoms with Crippen LogP contribution < -0.4 is 20.7 Å². The quantitative estimate of drug-likeness (QED) is 0.521. The number of carbonyl (C=O) groups excluding carboxylic acids is 2. The van der Waals surface area contributed by atoms with Crippen LogP contribution >= 0.6 is 0 Å². The predicted molar refractivity (Wildman–Crippen MR) is 113 cm³/mol. The van der Waals surface area contributed by atoms with Gasteiger partial charge < -0.3 is 25.8 Å². The molecule has 7 nitrogen and oxygen atoms in total. The molecule has 29 heavy (non-hydrogen) atoms. The fourth-order valence-electron chi connectivity index (χ4n) is 2.64. The molecule has 2 rings (SSSR count). The van der Waals surface area contributed by atoms with Gasteiger partial charge >= 0.3 is 6.03 Å². The van der Waals surface area contributed by atoms with Gasteiger partial charge in [0, 0.05) is 12.2 Å². The van der Waals surface area contributed by atoms with E-state index >= 15 is 0 Å². The molecular formula is C22H29N3O4. The van der Waals surface area contributed by atoms with Crippen LogP contribution in [0.15, 0.2) is 48.5 Å². The van der Waals surface area contributed by atoms with Crippen molar-refractivity contribution in [2.75, 3.05) is 25.6 Å². The van der Waals surface area contributed by atoms with E-state index in [-0.39, 0.29) is 25.0 Å². The van der Waals surface area contributed by atoms with E-state index in [1.54, 1.807) is 45.2 Å². The lowest BCUT2D eigenvalue weighted by Crippen LogP contribution is -2.46. The van der Waals surface area contributed by atoms with Gasteiger partial charge in [0.15, 0.2) is 0 Å². The molecule has 0 fully saturated rings. The maximum atomic E-state index is 12.0. The molecule has 156 valence electrons. The minimum atomic E-state index is -0.650. The third kappa shape index (κ3) is 7.83. The van der Waals surface area contributed by atoms with E-state index in [1.807, 2.05) is 24.3 Å². The van der Waals surface area contributed by atoms with Gasteiger partial charge in [0.05, 0.1) is 25.7 Å². The Labute approximate surface area is 171 Å². The number of carbonyl (C=O) groups is 2. The van der Waals surface area contributed by atoms with E-state index in [0.717, 1.165) is 23.3 Å². The third-order valence-corrected chi connectivity index (χ3v) is 4.31. The zero-order valence-electron chi connectivity index (χ0n) is 17.1. The van der Waals surface area contributed by atoms with Crippen LogP contribution in [0.2, 0.25) is 0 Å². The van der Waals surface area contributed by atoms with Crippen molar-refractivity contribution in [3.05, 3.63) is 59.7 Å². The second-order valence-electron chi connectivity index (χ2n) is 7.44. The van der Waals surface area contributed by atoms with Crippen LogP contribution in [0.25, 0.3) is 0 Å². The zero-order valence-corrected chi connectivity index (χ0v) is 17.1. The highest BCUT2D eigenvalue weighted by molar-refractivity contribution is 5.89. The Kier molecular flexibility index (Phi) is 8.03. The van der Waals surface area contributed by atoms with Crippen molar-refractivity contribution >= 4 is 17.6 Å². The number of amides is 3. The molecule has 0 spiro atoms. The summed E-state index contributed by atoms with van der Waals surface area (Å²) in [5.74, 6) is 0.638. The Morgan fingerprint density at radius 2 is 1.62 bits per heavy atom. The summed E-state index contributed by atoms with van der Waals surface area (Å²) in [6.07, 6.45) is 0.924. The molecule has 0 atom stereocenters. The SMILES string of the molecule is COc1ccc(CCNC(=O)Nc2ccc(CC(=O)NC(C)(C)CO)cc2)cc1. The second kappa shape index (κ2) is 10.5. The number of rotatable bonds is 9. The first-order valence-corrected chi connectivity index (χ1v) is 9.50. The predicted octanol–water partition coefficient (Wildman–Crippen LogP) is 2.49. The minimum absolute atomic E-state index is 0.130. The maximum Gasteiger partial charge on any atom is 0.319 e. The Morgan fingerprint density at radius 1 is 1.00 bits per heavy atom. The van der Waals surface area contributed by atoms with Crippen molar-refractivity contribution in [1.29, 1.82) is 0 Å². The highest BCUT2D eigenvalue weighted by Crippen LogP contribution is 2.12. The largest absolute Gasteiger partial charge is 0.497 e. The van der Waals surface area contributed by atoms with Crippen LogP contribution in [-0.4, -0.2) is 42.8 Å². The summed E-state index contributed by atoms with van der Waals surface area (Å²) >= 11 is 0. The van der Waals surface area contributed by atoms with E-state index in [1.165, 1.54) is 0 Å². The van der Waals surface area contributed by atoms with Crippen molar-refractivity contribution in [3.8, 4) is 5.75 Å². The number of hydrogen-bond donors (Lipinski definition) is 4. The number of urea groups is 1. The molecule has 0 aromatic heterocycles. The summed E-state index contributed by atoms with van der Waals surface area (Å²) in [6, 6.07) is 14.5. The topological polar surface area (TPSA) is 99.7 Å². The van der Waals surface area contributed by atoms with Crippen LogP contribution in [0.5, 0.6) is 5.75 Å². The number of nitrogens with one attached hydrogen (secondary N) is 3. The van der Waals surface area contributed by atoms with E-state index in [2.05, 4.69) is 16.0 Å². The van der Waals surface area contributed by atoms with Gasteiger partial charge in [0.25, 0.3) is 0 Å². The van der Waals surface area contributed by atoms with Crippen molar-refractivity contribution in [3.63, 3.8) is 0 Å². The summed E-state index contributed by atoms with van der Waals surface area (Å²) < 4.78 is 5.12. The van der Waals surface area contributed by atoms with Crippen LogP contribution in [0.1, 0.15) is 25.0 Å². The molecule has 0 unspecified atom stereocenters. The number of aliphatic hydroxyl groups excluding tert-OH is 1. The Morgan fingerprint density at radius 3 is 2.21 bits per heavy atom. The van der Waals surface area contributed by atoms with E-state index in [0.29, 0.717) is 12.2 Å². The lowest BCUT2D eigenvalue weighted by atomic mass is 10.1.